The Bertz CT molecular complexity index is 1070. The van der Waals surface area contributed by atoms with Crippen LogP contribution in [0.5, 0.6) is 5.75 Å². The lowest BCUT2D eigenvalue weighted by atomic mass is 9.84. The van der Waals surface area contributed by atoms with E-state index in [9.17, 15) is 22.0 Å². The number of nitrogens with one attached hydrogen (secondary N) is 1. The fourth-order valence-corrected chi connectivity index (χ4v) is 3.30. The van der Waals surface area contributed by atoms with Crippen LogP contribution in [0.1, 0.15) is 23.7 Å². The molecular weight excluding hydrogens is 425 g/mol. The normalized spacial score (nSPS) is 22.0. The Morgan fingerprint density at radius 2 is 2.03 bits per heavy atom. The fourth-order valence-electron chi connectivity index (χ4n) is 3.30. The zero-order valence-electron chi connectivity index (χ0n) is 16.0. The van der Waals surface area contributed by atoms with E-state index in [1.54, 1.807) is 0 Å². The van der Waals surface area contributed by atoms with E-state index in [1.165, 1.54) is 18.2 Å². The van der Waals surface area contributed by atoms with Gasteiger partial charge >= 0.3 is 12.5 Å². The molecule has 0 bridgehead atoms. The van der Waals surface area contributed by atoms with Crippen LogP contribution in [0.2, 0.25) is 0 Å². The monoisotopic (exact) mass is 441 g/mol. The fraction of sp³-hybridized carbons (Fsp3) is 0.316. The number of fused-ring (bicyclic) bond motifs is 1. The summed E-state index contributed by atoms with van der Waals surface area (Å²) in [5.41, 5.74) is 3.75. The van der Waals surface area contributed by atoms with Gasteiger partial charge in [-0.25, -0.2) is 19.4 Å². The molecule has 0 spiro atoms. The standard InChI is InChI=1S/C19H16F5N5O2/c1-18(19(23,24)8-30-17(25)29-18)11-5-14-9(4-12(11)20)6-27-15(28-14)13-3-2-10(7-26-13)31-16(21)22/h2-5,7,16H,6,8H2,1H3,(H2,25,29)(H,27,28)/t18-/m1/s1. The zero-order valence-corrected chi connectivity index (χ0v) is 16.0. The highest BCUT2D eigenvalue weighted by atomic mass is 19.3. The number of aliphatic imine (C=N–C) groups is 2. The van der Waals surface area contributed by atoms with Crippen molar-refractivity contribution in [1.29, 1.82) is 0 Å². The smallest absolute Gasteiger partial charge is 0.387 e. The Balaban J connectivity index is 1.73. The van der Waals surface area contributed by atoms with Gasteiger partial charge in [0.1, 0.15) is 17.3 Å². The highest BCUT2D eigenvalue weighted by Gasteiger charge is 2.56. The maximum atomic E-state index is 14.8. The van der Waals surface area contributed by atoms with Gasteiger partial charge in [-0.05, 0) is 36.8 Å². The quantitative estimate of drug-likeness (QED) is 0.711. The molecule has 1 aromatic heterocycles. The maximum Gasteiger partial charge on any atom is 0.387 e. The van der Waals surface area contributed by atoms with Crippen molar-refractivity contribution in [3.63, 3.8) is 0 Å². The number of hydrogen-bond donors (Lipinski definition) is 2. The molecule has 31 heavy (non-hydrogen) atoms. The third kappa shape index (κ3) is 3.73. The third-order valence-electron chi connectivity index (χ3n) is 5.02. The van der Waals surface area contributed by atoms with Gasteiger partial charge in [0.15, 0.2) is 18.0 Å². The van der Waals surface area contributed by atoms with Crippen molar-refractivity contribution in [3.05, 3.63) is 53.1 Å². The van der Waals surface area contributed by atoms with Gasteiger partial charge in [-0.15, -0.1) is 0 Å². The van der Waals surface area contributed by atoms with Crippen LogP contribution in [-0.2, 0) is 16.8 Å². The first-order chi connectivity index (χ1) is 14.6. The van der Waals surface area contributed by atoms with Crippen LogP contribution in [0.15, 0.2) is 40.4 Å². The van der Waals surface area contributed by atoms with Crippen molar-refractivity contribution < 1.29 is 31.4 Å². The van der Waals surface area contributed by atoms with E-state index in [0.29, 0.717) is 11.3 Å². The first-order valence-electron chi connectivity index (χ1n) is 9.02. The molecule has 4 rings (SSSR count). The minimum absolute atomic E-state index is 0.134. The average molecular weight is 441 g/mol. The molecule has 3 heterocycles. The molecule has 0 aliphatic carbocycles. The average Bonchev–Trinajstić information content (AvgIpc) is 2.70. The van der Waals surface area contributed by atoms with Crippen LogP contribution in [0.3, 0.4) is 0 Å². The summed E-state index contributed by atoms with van der Waals surface area (Å²) in [5.74, 6) is -4.29. The predicted octanol–water partition coefficient (Wildman–Crippen LogP) is 3.20. The number of hydrogen-bond acceptors (Lipinski definition) is 7. The lowest BCUT2D eigenvalue weighted by molar-refractivity contribution is -0.117. The summed E-state index contributed by atoms with van der Waals surface area (Å²) in [7, 11) is 0. The van der Waals surface area contributed by atoms with E-state index in [-0.39, 0.29) is 29.4 Å². The molecule has 0 amide bonds. The van der Waals surface area contributed by atoms with Crippen LogP contribution in [-0.4, -0.2) is 36.0 Å². The summed E-state index contributed by atoms with van der Waals surface area (Å²) in [4.78, 5) is 12.0. The minimum atomic E-state index is -3.52. The van der Waals surface area contributed by atoms with Crippen LogP contribution < -0.4 is 15.8 Å². The van der Waals surface area contributed by atoms with Gasteiger partial charge < -0.3 is 20.5 Å². The van der Waals surface area contributed by atoms with E-state index in [0.717, 1.165) is 19.2 Å². The second-order valence-electron chi connectivity index (χ2n) is 7.05. The van der Waals surface area contributed by atoms with Gasteiger partial charge in [-0.3, -0.25) is 0 Å². The number of ether oxygens (including phenoxy) is 2. The Morgan fingerprint density at radius 1 is 1.26 bits per heavy atom. The van der Waals surface area contributed by atoms with Crippen molar-refractivity contribution >= 4 is 17.5 Å². The number of halogens is 5. The van der Waals surface area contributed by atoms with Gasteiger partial charge in [-0.1, -0.05) is 0 Å². The van der Waals surface area contributed by atoms with Crippen molar-refractivity contribution in [2.45, 2.75) is 31.5 Å². The molecule has 1 aromatic carbocycles. The Labute approximate surface area is 172 Å². The topological polar surface area (TPSA) is 94.1 Å². The summed E-state index contributed by atoms with van der Waals surface area (Å²) >= 11 is 0. The minimum Gasteiger partial charge on any atom is -0.459 e. The van der Waals surface area contributed by atoms with E-state index in [4.69, 9.17) is 5.73 Å². The van der Waals surface area contributed by atoms with Gasteiger partial charge in [-0.2, -0.15) is 17.6 Å². The van der Waals surface area contributed by atoms with Gasteiger partial charge in [0.25, 0.3) is 6.02 Å². The molecule has 0 unspecified atom stereocenters. The highest BCUT2D eigenvalue weighted by Crippen LogP contribution is 2.46. The first kappa shape index (κ1) is 20.8. The van der Waals surface area contributed by atoms with E-state index >= 15 is 0 Å². The molecule has 12 heteroatoms. The summed E-state index contributed by atoms with van der Waals surface area (Å²) in [6.07, 6.45) is 1.10. The SMILES string of the molecule is C[C@]1(c2cc3c(cc2F)CNC(c2ccc(OC(F)F)cn2)=N3)N=C(N)OCC1(F)F. The van der Waals surface area contributed by atoms with E-state index < -0.39 is 36.5 Å². The summed E-state index contributed by atoms with van der Waals surface area (Å²) in [6.45, 7) is -2.81. The molecule has 0 saturated heterocycles. The Morgan fingerprint density at radius 3 is 2.71 bits per heavy atom. The largest absolute Gasteiger partial charge is 0.459 e. The Hall–Kier alpha value is -3.44. The molecule has 1 atom stereocenters. The molecule has 2 aliphatic heterocycles. The first-order valence-corrected chi connectivity index (χ1v) is 9.02. The summed E-state index contributed by atoms with van der Waals surface area (Å²) in [6, 6.07) is 4.51. The van der Waals surface area contributed by atoms with Crippen molar-refractivity contribution in [2.75, 3.05) is 6.61 Å². The molecule has 0 saturated carbocycles. The molecule has 164 valence electrons. The third-order valence-corrected chi connectivity index (χ3v) is 5.02. The number of alkyl halides is 4. The number of aromatic nitrogens is 1. The number of pyridine rings is 1. The van der Waals surface area contributed by atoms with Crippen molar-refractivity contribution in [3.8, 4) is 5.75 Å². The molecule has 0 radical (unpaired) electrons. The number of amidine groups is 2. The molecule has 7 nitrogen and oxygen atoms in total. The van der Waals surface area contributed by atoms with Crippen LogP contribution in [0, 0.1) is 5.82 Å². The van der Waals surface area contributed by atoms with Crippen LogP contribution in [0.4, 0.5) is 27.6 Å². The molecule has 3 N–H and O–H groups in total. The zero-order chi connectivity index (χ0) is 22.4. The second-order valence-corrected chi connectivity index (χ2v) is 7.05. The number of nitrogens with zero attached hydrogens (tertiary/aromatic N) is 3. The van der Waals surface area contributed by atoms with Crippen molar-refractivity contribution in [2.24, 2.45) is 15.7 Å². The van der Waals surface area contributed by atoms with Gasteiger partial charge in [0.2, 0.25) is 0 Å². The second kappa shape index (κ2) is 7.36. The summed E-state index contributed by atoms with van der Waals surface area (Å²) in [5, 5.41) is 2.93. The maximum absolute atomic E-state index is 14.8. The molecular formula is C19H16F5N5O2. The lowest BCUT2D eigenvalue weighted by Crippen LogP contribution is -2.51. The molecule has 0 fully saturated rings. The molecule has 2 aromatic rings. The van der Waals surface area contributed by atoms with Gasteiger partial charge in [0.05, 0.1) is 11.9 Å². The van der Waals surface area contributed by atoms with Crippen molar-refractivity contribution in [1.82, 2.24) is 10.3 Å². The molecule has 2 aliphatic rings. The lowest BCUT2D eigenvalue weighted by Gasteiger charge is -2.37. The van der Waals surface area contributed by atoms with Crippen LogP contribution in [0.25, 0.3) is 0 Å². The van der Waals surface area contributed by atoms with Crippen LogP contribution >= 0.6 is 0 Å². The van der Waals surface area contributed by atoms with E-state index in [2.05, 4.69) is 29.8 Å². The van der Waals surface area contributed by atoms with Gasteiger partial charge in [0, 0.05) is 12.1 Å². The number of rotatable bonds is 4. The Kier molecular flexibility index (Phi) is 4.94. The summed E-state index contributed by atoms with van der Waals surface area (Å²) < 4.78 is 77.5. The highest BCUT2D eigenvalue weighted by molar-refractivity contribution is 5.99. The number of nitrogens with two attached hydrogens (primary N) is 1. The predicted molar refractivity (Wildman–Crippen MR) is 100 cm³/mol. The van der Waals surface area contributed by atoms with E-state index in [1.807, 2.05) is 0 Å². The number of benzene rings is 1.